The van der Waals surface area contributed by atoms with Gasteiger partial charge in [-0.25, -0.2) is 0 Å². The molecule has 0 radical (unpaired) electrons. The second-order valence-corrected chi connectivity index (χ2v) is 6.35. The Morgan fingerprint density at radius 2 is 1.60 bits per heavy atom. The van der Waals surface area contributed by atoms with E-state index in [-0.39, 0.29) is 0 Å². The highest BCUT2D eigenvalue weighted by Gasteiger charge is 2.14. The van der Waals surface area contributed by atoms with Gasteiger partial charge in [0.25, 0.3) is 0 Å². The van der Waals surface area contributed by atoms with E-state index in [0.29, 0.717) is 5.92 Å². The predicted molar refractivity (Wildman–Crippen MR) is 90.2 cm³/mol. The van der Waals surface area contributed by atoms with E-state index in [1.165, 1.54) is 22.0 Å². The molecule has 20 heavy (non-hydrogen) atoms. The van der Waals surface area contributed by atoms with Crippen LogP contribution >= 0.6 is 15.9 Å². The van der Waals surface area contributed by atoms with Crippen LogP contribution in [0.15, 0.2) is 59.1 Å². The van der Waals surface area contributed by atoms with Gasteiger partial charge in [-0.1, -0.05) is 64.5 Å². The van der Waals surface area contributed by atoms with E-state index in [1.54, 1.807) is 0 Å². The Kier molecular flexibility index (Phi) is 5.81. The normalized spacial score (nSPS) is 12.6. The van der Waals surface area contributed by atoms with E-state index in [2.05, 4.69) is 89.5 Å². The molecule has 0 amide bonds. The van der Waals surface area contributed by atoms with Crippen molar-refractivity contribution < 1.29 is 0 Å². The van der Waals surface area contributed by atoms with Gasteiger partial charge in [-0.3, -0.25) is 0 Å². The maximum atomic E-state index is 3.67. The molecule has 0 aliphatic heterocycles. The molecular formula is C18H22BrN. The van der Waals surface area contributed by atoms with Gasteiger partial charge in [0.1, 0.15) is 0 Å². The summed E-state index contributed by atoms with van der Waals surface area (Å²) in [7, 11) is 4.28. The van der Waals surface area contributed by atoms with Crippen molar-refractivity contribution in [3.63, 3.8) is 0 Å². The molecule has 0 saturated heterocycles. The third kappa shape index (κ3) is 4.46. The van der Waals surface area contributed by atoms with Crippen LogP contribution in [0.1, 0.15) is 23.5 Å². The average Bonchev–Trinajstić information content (AvgIpc) is 2.46. The Balaban J connectivity index is 2.16. The molecule has 0 aliphatic rings. The molecule has 106 valence electrons. The molecule has 0 bridgehead atoms. The van der Waals surface area contributed by atoms with Crippen molar-refractivity contribution in [1.82, 2.24) is 4.90 Å². The Morgan fingerprint density at radius 1 is 0.950 bits per heavy atom. The number of nitrogens with zero attached hydrogens (tertiary/aromatic N) is 1. The van der Waals surface area contributed by atoms with Crippen LogP contribution in [0.2, 0.25) is 0 Å². The van der Waals surface area contributed by atoms with Crippen LogP contribution in [-0.2, 0) is 6.42 Å². The molecule has 2 rings (SSSR count). The molecule has 2 aromatic rings. The Hall–Kier alpha value is -1.12. The van der Waals surface area contributed by atoms with Gasteiger partial charge in [0, 0.05) is 4.47 Å². The molecule has 1 nitrogen and oxygen atoms in total. The topological polar surface area (TPSA) is 3.24 Å². The minimum atomic E-state index is 0.567. The highest BCUT2D eigenvalue weighted by molar-refractivity contribution is 9.10. The highest BCUT2D eigenvalue weighted by Crippen LogP contribution is 2.27. The molecule has 0 fully saturated rings. The molecule has 1 atom stereocenters. The molecule has 2 heteroatoms. The van der Waals surface area contributed by atoms with Crippen molar-refractivity contribution >= 4 is 15.9 Å². The molecule has 0 spiro atoms. The van der Waals surface area contributed by atoms with E-state index < -0.39 is 0 Å². The summed E-state index contributed by atoms with van der Waals surface area (Å²) in [6.45, 7) is 1.12. The third-order valence-electron chi connectivity index (χ3n) is 3.62. The van der Waals surface area contributed by atoms with Gasteiger partial charge in [-0.05, 0) is 56.6 Å². The van der Waals surface area contributed by atoms with Crippen molar-refractivity contribution in [3.8, 4) is 0 Å². The molecule has 0 N–H and O–H groups in total. The number of halogens is 1. The van der Waals surface area contributed by atoms with Gasteiger partial charge in [-0.2, -0.15) is 0 Å². The van der Waals surface area contributed by atoms with Crippen molar-refractivity contribution in [2.45, 2.75) is 18.8 Å². The number of benzene rings is 2. The summed E-state index contributed by atoms with van der Waals surface area (Å²) in [6.07, 6.45) is 2.26. The first-order chi connectivity index (χ1) is 9.66. The summed E-state index contributed by atoms with van der Waals surface area (Å²) in [4.78, 5) is 2.26. The third-order valence-corrected chi connectivity index (χ3v) is 4.39. The molecule has 0 aromatic heterocycles. The summed E-state index contributed by atoms with van der Waals surface area (Å²) in [5.74, 6) is 0.567. The zero-order valence-corrected chi connectivity index (χ0v) is 13.8. The number of hydrogen-bond acceptors (Lipinski definition) is 1. The lowest BCUT2D eigenvalue weighted by molar-refractivity contribution is 0.379. The standard InChI is InChI=1S/C18H22BrN/c1-20(2)13-12-16(15-8-4-3-5-9-15)14-17-10-6-7-11-18(17)19/h3-11,16H,12-14H2,1-2H3. The second-order valence-electron chi connectivity index (χ2n) is 5.50. The van der Waals surface area contributed by atoms with Crippen LogP contribution in [0, 0.1) is 0 Å². The van der Waals surface area contributed by atoms with Gasteiger partial charge >= 0.3 is 0 Å². The average molecular weight is 332 g/mol. The van der Waals surface area contributed by atoms with Crippen LogP contribution in [0.4, 0.5) is 0 Å². The van der Waals surface area contributed by atoms with Gasteiger partial charge in [0.15, 0.2) is 0 Å². The minimum Gasteiger partial charge on any atom is -0.309 e. The minimum absolute atomic E-state index is 0.567. The molecule has 0 aliphatic carbocycles. The zero-order valence-electron chi connectivity index (χ0n) is 12.2. The fourth-order valence-corrected chi connectivity index (χ4v) is 2.90. The van der Waals surface area contributed by atoms with Gasteiger partial charge < -0.3 is 4.90 Å². The number of rotatable bonds is 6. The summed E-state index contributed by atoms with van der Waals surface area (Å²) in [5, 5.41) is 0. The predicted octanol–water partition coefficient (Wildman–Crippen LogP) is 4.73. The fourth-order valence-electron chi connectivity index (χ4n) is 2.46. The lowest BCUT2D eigenvalue weighted by Crippen LogP contribution is -2.17. The van der Waals surface area contributed by atoms with Crippen molar-refractivity contribution in [3.05, 3.63) is 70.2 Å². The smallest absolute Gasteiger partial charge is 0.0207 e. The molecule has 1 unspecified atom stereocenters. The summed E-state index contributed by atoms with van der Waals surface area (Å²) in [5.41, 5.74) is 2.82. The largest absolute Gasteiger partial charge is 0.309 e. The van der Waals surface area contributed by atoms with E-state index in [4.69, 9.17) is 0 Å². The summed E-state index contributed by atoms with van der Waals surface area (Å²) < 4.78 is 1.21. The monoisotopic (exact) mass is 331 g/mol. The van der Waals surface area contributed by atoms with Gasteiger partial charge in [0.2, 0.25) is 0 Å². The quantitative estimate of drug-likeness (QED) is 0.739. The maximum Gasteiger partial charge on any atom is 0.0207 e. The molecule has 2 aromatic carbocycles. The maximum absolute atomic E-state index is 3.67. The lowest BCUT2D eigenvalue weighted by Gasteiger charge is -2.20. The van der Waals surface area contributed by atoms with E-state index in [1.807, 2.05) is 0 Å². The molecule has 0 heterocycles. The van der Waals surface area contributed by atoms with Crippen molar-refractivity contribution in [1.29, 1.82) is 0 Å². The van der Waals surface area contributed by atoms with E-state index >= 15 is 0 Å². The fraction of sp³-hybridized carbons (Fsp3) is 0.333. The zero-order chi connectivity index (χ0) is 14.4. The van der Waals surface area contributed by atoms with Crippen molar-refractivity contribution in [2.75, 3.05) is 20.6 Å². The SMILES string of the molecule is CN(C)CCC(Cc1ccccc1Br)c1ccccc1. The molecular weight excluding hydrogens is 310 g/mol. The highest BCUT2D eigenvalue weighted by atomic mass is 79.9. The Bertz CT molecular complexity index is 522. The first kappa shape index (κ1) is 15.3. The van der Waals surface area contributed by atoms with Gasteiger partial charge in [-0.15, -0.1) is 0 Å². The lowest BCUT2D eigenvalue weighted by atomic mass is 9.89. The summed E-state index contributed by atoms with van der Waals surface area (Å²) in [6, 6.07) is 19.4. The molecule has 0 saturated carbocycles. The summed E-state index contributed by atoms with van der Waals surface area (Å²) >= 11 is 3.67. The van der Waals surface area contributed by atoms with Gasteiger partial charge in [0.05, 0.1) is 0 Å². The first-order valence-electron chi connectivity index (χ1n) is 7.10. The Labute approximate surface area is 130 Å². The van der Waals surface area contributed by atoms with Crippen molar-refractivity contribution in [2.24, 2.45) is 0 Å². The first-order valence-corrected chi connectivity index (χ1v) is 7.89. The van der Waals surface area contributed by atoms with Crippen LogP contribution < -0.4 is 0 Å². The second kappa shape index (κ2) is 7.61. The van der Waals surface area contributed by atoms with Crippen LogP contribution in [-0.4, -0.2) is 25.5 Å². The van der Waals surface area contributed by atoms with E-state index in [9.17, 15) is 0 Å². The van der Waals surface area contributed by atoms with Crippen LogP contribution in [0.25, 0.3) is 0 Å². The number of hydrogen-bond donors (Lipinski definition) is 0. The van der Waals surface area contributed by atoms with Crippen LogP contribution in [0.5, 0.6) is 0 Å². The Morgan fingerprint density at radius 3 is 2.25 bits per heavy atom. The van der Waals surface area contributed by atoms with Crippen LogP contribution in [0.3, 0.4) is 0 Å². The van der Waals surface area contributed by atoms with E-state index in [0.717, 1.165) is 13.0 Å².